The number of hydrogen-bond acceptors (Lipinski definition) is 4. The standard InChI is InChI=1S/C15H21N3O2/c16-11-2-4-12(5-3-11)17-15(20)9-18-7-10-1-6-14(19)13(10)8-18/h2-5,10,13-14,19H,1,6-9,16H2,(H,17,20). The molecule has 0 bridgehead atoms. The molecular weight excluding hydrogens is 254 g/mol. The lowest BCUT2D eigenvalue weighted by Crippen LogP contribution is -2.33. The largest absolute Gasteiger partial charge is 0.399 e. The third-order valence-corrected chi connectivity index (χ3v) is 4.46. The van der Waals surface area contributed by atoms with E-state index >= 15 is 0 Å². The Kier molecular flexibility index (Phi) is 3.63. The van der Waals surface area contributed by atoms with E-state index in [1.165, 1.54) is 0 Å². The number of carbonyl (C=O) groups excluding carboxylic acids is 1. The van der Waals surface area contributed by atoms with Crippen molar-refractivity contribution >= 4 is 17.3 Å². The Labute approximate surface area is 118 Å². The summed E-state index contributed by atoms with van der Waals surface area (Å²) in [5.74, 6) is 0.915. The van der Waals surface area contributed by atoms with Gasteiger partial charge in [0.05, 0.1) is 12.6 Å². The van der Waals surface area contributed by atoms with Gasteiger partial charge < -0.3 is 16.2 Å². The fraction of sp³-hybridized carbons (Fsp3) is 0.533. The van der Waals surface area contributed by atoms with Gasteiger partial charge in [-0.15, -0.1) is 0 Å². The van der Waals surface area contributed by atoms with Crippen LogP contribution in [-0.4, -0.2) is 41.7 Å². The molecule has 5 nitrogen and oxygen atoms in total. The van der Waals surface area contributed by atoms with Gasteiger partial charge in [-0.1, -0.05) is 0 Å². The molecule has 1 aliphatic heterocycles. The van der Waals surface area contributed by atoms with Crippen molar-refractivity contribution < 1.29 is 9.90 Å². The summed E-state index contributed by atoms with van der Waals surface area (Å²) in [6, 6.07) is 7.14. The SMILES string of the molecule is Nc1ccc(NC(=O)CN2CC3CCC(O)C3C2)cc1. The number of nitrogen functional groups attached to an aromatic ring is 1. The van der Waals surface area contributed by atoms with Crippen LogP contribution in [0.4, 0.5) is 11.4 Å². The molecule has 1 aromatic carbocycles. The van der Waals surface area contributed by atoms with Crippen molar-refractivity contribution in [2.45, 2.75) is 18.9 Å². The fourth-order valence-corrected chi connectivity index (χ4v) is 3.43. The highest BCUT2D eigenvalue weighted by atomic mass is 16.3. The second kappa shape index (κ2) is 5.42. The molecule has 0 spiro atoms. The van der Waals surface area contributed by atoms with Crippen LogP contribution >= 0.6 is 0 Å². The predicted molar refractivity (Wildman–Crippen MR) is 78.1 cm³/mol. The molecular formula is C15H21N3O2. The van der Waals surface area contributed by atoms with Crippen LogP contribution in [0.2, 0.25) is 0 Å². The van der Waals surface area contributed by atoms with Gasteiger partial charge in [0, 0.05) is 30.4 Å². The van der Waals surface area contributed by atoms with Crippen molar-refractivity contribution in [2.75, 3.05) is 30.7 Å². The molecule has 3 atom stereocenters. The number of fused-ring (bicyclic) bond motifs is 1. The van der Waals surface area contributed by atoms with Gasteiger partial charge in [0.2, 0.25) is 5.91 Å². The normalized spacial score (nSPS) is 29.4. The van der Waals surface area contributed by atoms with Crippen LogP contribution in [0.25, 0.3) is 0 Å². The maximum absolute atomic E-state index is 12.0. The fourth-order valence-electron chi connectivity index (χ4n) is 3.43. The number of nitrogens with two attached hydrogens (primary N) is 1. The molecule has 1 aromatic rings. The van der Waals surface area contributed by atoms with Crippen LogP contribution in [0, 0.1) is 11.8 Å². The third-order valence-electron chi connectivity index (χ3n) is 4.46. The molecule has 3 rings (SSSR count). The Morgan fingerprint density at radius 1 is 1.30 bits per heavy atom. The zero-order chi connectivity index (χ0) is 14.1. The lowest BCUT2D eigenvalue weighted by Gasteiger charge is -2.17. The molecule has 2 fully saturated rings. The number of carbonyl (C=O) groups is 1. The predicted octanol–water partition coefficient (Wildman–Crippen LogP) is 0.910. The topological polar surface area (TPSA) is 78.6 Å². The summed E-state index contributed by atoms with van der Waals surface area (Å²) in [5, 5.41) is 12.7. The Morgan fingerprint density at radius 2 is 2.05 bits per heavy atom. The second-order valence-electron chi connectivity index (χ2n) is 5.93. The number of aliphatic hydroxyl groups excluding tert-OH is 1. The monoisotopic (exact) mass is 275 g/mol. The van der Waals surface area contributed by atoms with E-state index in [1.54, 1.807) is 24.3 Å². The van der Waals surface area contributed by atoms with Crippen LogP contribution in [0.1, 0.15) is 12.8 Å². The summed E-state index contributed by atoms with van der Waals surface area (Å²) < 4.78 is 0. The Morgan fingerprint density at radius 3 is 2.75 bits per heavy atom. The third kappa shape index (κ3) is 2.78. The lowest BCUT2D eigenvalue weighted by molar-refractivity contribution is -0.117. The number of hydrogen-bond donors (Lipinski definition) is 3. The van der Waals surface area contributed by atoms with E-state index in [0.29, 0.717) is 24.1 Å². The molecule has 3 unspecified atom stereocenters. The van der Waals surface area contributed by atoms with Gasteiger partial charge in [0.15, 0.2) is 0 Å². The Balaban J connectivity index is 1.51. The van der Waals surface area contributed by atoms with Gasteiger partial charge in [-0.2, -0.15) is 0 Å². The number of anilines is 2. The minimum Gasteiger partial charge on any atom is -0.399 e. The molecule has 2 aliphatic rings. The summed E-state index contributed by atoms with van der Waals surface area (Å²) in [5.41, 5.74) is 7.06. The van der Waals surface area contributed by atoms with Gasteiger partial charge in [0.1, 0.15) is 0 Å². The van der Waals surface area contributed by atoms with Crippen molar-refractivity contribution in [3.05, 3.63) is 24.3 Å². The maximum Gasteiger partial charge on any atom is 0.238 e. The van der Waals surface area contributed by atoms with Crippen molar-refractivity contribution in [1.29, 1.82) is 0 Å². The lowest BCUT2D eigenvalue weighted by atomic mass is 10.00. The summed E-state index contributed by atoms with van der Waals surface area (Å²) in [7, 11) is 0. The Hall–Kier alpha value is -1.59. The molecule has 1 heterocycles. The maximum atomic E-state index is 12.0. The van der Waals surface area contributed by atoms with E-state index in [2.05, 4.69) is 10.2 Å². The molecule has 1 aliphatic carbocycles. The van der Waals surface area contributed by atoms with Crippen molar-refractivity contribution in [1.82, 2.24) is 4.90 Å². The minimum atomic E-state index is -0.176. The van der Waals surface area contributed by atoms with E-state index < -0.39 is 0 Å². The van der Waals surface area contributed by atoms with Crippen LogP contribution in [0.5, 0.6) is 0 Å². The van der Waals surface area contributed by atoms with Gasteiger partial charge >= 0.3 is 0 Å². The van der Waals surface area contributed by atoms with Crippen LogP contribution < -0.4 is 11.1 Å². The van der Waals surface area contributed by atoms with Gasteiger partial charge in [0.25, 0.3) is 0 Å². The molecule has 0 aromatic heterocycles. The van der Waals surface area contributed by atoms with E-state index in [-0.39, 0.29) is 12.0 Å². The van der Waals surface area contributed by atoms with Crippen LogP contribution in [-0.2, 0) is 4.79 Å². The highest BCUT2D eigenvalue weighted by Gasteiger charge is 2.41. The number of nitrogens with one attached hydrogen (secondary N) is 1. The van der Waals surface area contributed by atoms with E-state index in [9.17, 15) is 9.90 Å². The highest BCUT2D eigenvalue weighted by Crippen LogP contribution is 2.37. The van der Waals surface area contributed by atoms with E-state index in [0.717, 1.165) is 31.6 Å². The number of amides is 1. The highest BCUT2D eigenvalue weighted by molar-refractivity contribution is 5.92. The second-order valence-corrected chi connectivity index (χ2v) is 5.93. The zero-order valence-electron chi connectivity index (χ0n) is 11.5. The zero-order valence-corrected chi connectivity index (χ0v) is 11.5. The van der Waals surface area contributed by atoms with Crippen molar-refractivity contribution in [2.24, 2.45) is 11.8 Å². The molecule has 5 heteroatoms. The quantitative estimate of drug-likeness (QED) is 0.717. The van der Waals surface area contributed by atoms with Gasteiger partial charge in [-0.25, -0.2) is 0 Å². The molecule has 0 radical (unpaired) electrons. The first-order valence-corrected chi connectivity index (χ1v) is 7.17. The summed E-state index contributed by atoms with van der Waals surface area (Å²) in [6.07, 6.45) is 1.83. The summed E-state index contributed by atoms with van der Waals surface area (Å²) in [6.45, 7) is 2.15. The van der Waals surface area contributed by atoms with Crippen molar-refractivity contribution in [3.63, 3.8) is 0 Å². The number of benzene rings is 1. The molecule has 1 amide bonds. The molecule has 4 N–H and O–H groups in total. The minimum absolute atomic E-state index is 0.00997. The van der Waals surface area contributed by atoms with Crippen LogP contribution in [0.3, 0.4) is 0 Å². The average molecular weight is 275 g/mol. The molecule has 1 saturated carbocycles. The van der Waals surface area contributed by atoms with Gasteiger partial charge in [-0.05, 0) is 43.0 Å². The smallest absolute Gasteiger partial charge is 0.238 e. The van der Waals surface area contributed by atoms with Crippen LogP contribution in [0.15, 0.2) is 24.3 Å². The molecule has 20 heavy (non-hydrogen) atoms. The first-order chi connectivity index (χ1) is 9.61. The molecule has 108 valence electrons. The first-order valence-electron chi connectivity index (χ1n) is 7.17. The summed E-state index contributed by atoms with van der Waals surface area (Å²) >= 11 is 0. The molecule has 1 saturated heterocycles. The summed E-state index contributed by atoms with van der Waals surface area (Å²) in [4.78, 5) is 14.2. The van der Waals surface area contributed by atoms with E-state index in [4.69, 9.17) is 5.73 Å². The number of likely N-dealkylation sites (tertiary alicyclic amines) is 1. The van der Waals surface area contributed by atoms with Crippen molar-refractivity contribution in [3.8, 4) is 0 Å². The Bertz CT molecular complexity index is 488. The number of rotatable bonds is 3. The first kappa shape index (κ1) is 13.4. The van der Waals surface area contributed by atoms with Gasteiger partial charge in [-0.3, -0.25) is 9.69 Å². The van der Waals surface area contributed by atoms with E-state index in [1.807, 2.05) is 0 Å². The average Bonchev–Trinajstić information content (AvgIpc) is 2.95. The number of nitrogens with zero attached hydrogens (tertiary/aromatic N) is 1. The number of aliphatic hydroxyl groups is 1.